The molecule has 0 aliphatic carbocycles. The molecule has 2 atom stereocenters. The second kappa shape index (κ2) is 6.72. The van der Waals surface area contributed by atoms with Gasteiger partial charge in [0.25, 0.3) is 0 Å². The molecule has 2 aromatic carbocycles. The average molecular weight is 255 g/mol. The summed E-state index contributed by atoms with van der Waals surface area (Å²) >= 11 is 0. The minimum atomic E-state index is 0.578. The number of rotatable bonds is 6. The summed E-state index contributed by atoms with van der Waals surface area (Å²) in [6.45, 7) is 7.84. The molecule has 1 nitrogen and oxygen atoms in total. The second-order valence-electron chi connectivity index (χ2n) is 5.67. The van der Waals surface area contributed by atoms with Gasteiger partial charge in [0.05, 0.1) is 0 Å². The molecule has 2 aromatic rings. The van der Waals surface area contributed by atoms with E-state index in [1.54, 1.807) is 0 Å². The predicted octanol–water partition coefficient (Wildman–Crippen LogP) is 4.75. The van der Waals surface area contributed by atoms with Gasteiger partial charge in [-0.25, -0.2) is 0 Å². The maximum atomic E-state index is 3.66. The average Bonchev–Trinajstić information content (AvgIpc) is 2.44. The summed E-state index contributed by atoms with van der Waals surface area (Å²) in [6.07, 6.45) is 2.52. The van der Waals surface area contributed by atoms with Gasteiger partial charge in [0.2, 0.25) is 0 Å². The van der Waals surface area contributed by atoms with Crippen LogP contribution in [0.5, 0.6) is 0 Å². The molecule has 0 radical (unpaired) electrons. The standard InChI is InChI=1S/C18H25N/c1-4-14(2)12-15(3)19-13-17-10-7-9-16-8-5-6-11-18(16)17/h5-11,14-15,19H,4,12-13H2,1-3H3. The largest absolute Gasteiger partial charge is 0.310 e. The molecule has 2 unspecified atom stereocenters. The molecular weight excluding hydrogens is 230 g/mol. The number of hydrogen-bond donors (Lipinski definition) is 1. The van der Waals surface area contributed by atoms with Crippen LogP contribution in [-0.2, 0) is 6.54 Å². The molecule has 1 heteroatoms. The van der Waals surface area contributed by atoms with Crippen LogP contribution < -0.4 is 5.32 Å². The normalized spacial score (nSPS) is 14.5. The highest BCUT2D eigenvalue weighted by Crippen LogP contribution is 2.18. The highest BCUT2D eigenvalue weighted by Gasteiger charge is 2.07. The maximum absolute atomic E-state index is 3.66. The van der Waals surface area contributed by atoms with Gasteiger partial charge < -0.3 is 5.32 Å². The van der Waals surface area contributed by atoms with Gasteiger partial charge >= 0.3 is 0 Å². The molecule has 0 aliphatic rings. The molecule has 19 heavy (non-hydrogen) atoms. The lowest BCUT2D eigenvalue weighted by Crippen LogP contribution is -2.27. The lowest BCUT2D eigenvalue weighted by atomic mass is 9.99. The van der Waals surface area contributed by atoms with Gasteiger partial charge in [0.15, 0.2) is 0 Å². The Morgan fingerprint density at radius 1 is 1.00 bits per heavy atom. The second-order valence-corrected chi connectivity index (χ2v) is 5.67. The Labute approximate surface area is 117 Å². The van der Waals surface area contributed by atoms with E-state index in [9.17, 15) is 0 Å². The fraction of sp³-hybridized carbons (Fsp3) is 0.444. The summed E-state index contributed by atoms with van der Waals surface area (Å²) in [5.74, 6) is 0.801. The number of hydrogen-bond acceptors (Lipinski definition) is 1. The highest BCUT2D eigenvalue weighted by molar-refractivity contribution is 5.85. The van der Waals surface area contributed by atoms with E-state index < -0.39 is 0 Å². The van der Waals surface area contributed by atoms with Crippen molar-refractivity contribution in [2.75, 3.05) is 0 Å². The van der Waals surface area contributed by atoms with Gasteiger partial charge in [-0.05, 0) is 35.6 Å². The third kappa shape index (κ3) is 3.81. The van der Waals surface area contributed by atoms with Crippen molar-refractivity contribution in [3.05, 3.63) is 48.0 Å². The summed E-state index contributed by atoms with van der Waals surface area (Å²) in [7, 11) is 0. The first-order chi connectivity index (χ1) is 9.20. The molecule has 2 rings (SSSR count). The van der Waals surface area contributed by atoms with Crippen LogP contribution in [0.2, 0.25) is 0 Å². The third-order valence-corrected chi connectivity index (χ3v) is 3.97. The molecular formula is C18H25N. The molecule has 0 saturated carbocycles. The van der Waals surface area contributed by atoms with Crippen molar-refractivity contribution >= 4 is 10.8 Å². The van der Waals surface area contributed by atoms with E-state index in [0.29, 0.717) is 6.04 Å². The predicted molar refractivity (Wildman–Crippen MR) is 84.3 cm³/mol. The molecule has 0 heterocycles. The van der Waals surface area contributed by atoms with Gasteiger partial charge in [-0.1, -0.05) is 62.7 Å². The Morgan fingerprint density at radius 3 is 2.53 bits per heavy atom. The van der Waals surface area contributed by atoms with Crippen LogP contribution in [0.15, 0.2) is 42.5 Å². The van der Waals surface area contributed by atoms with E-state index >= 15 is 0 Å². The molecule has 0 aromatic heterocycles. The molecule has 1 N–H and O–H groups in total. The summed E-state index contributed by atoms with van der Waals surface area (Å²) < 4.78 is 0. The van der Waals surface area contributed by atoms with Crippen LogP contribution in [-0.4, -0.2) is 6.04 Å². The minimum Gasteiger partial charge on any atom is -0.310 e. The van der Waals surface area contributed by atoms with Gasteiger partial charge in [0.1, 0.15) is 0 Å². The molecule has 0 fully saturated rings. The van der Waals surface area contributed by atoms with Crippen molar-refractivity contribution in [3.8, 4) is 0 Å². The summed E-state index contributed by atoms with van der Waals surface area (Å²) in [5, 5.41) is 6.35. The smallest absolute Gasteiger partial charge is 0.0214 e. The zero-order valence-corrected chi connectivity index (χ0v) is 12.3. The monoisotopic (exact) mass is 255 g/mol. The zero-order valence-electron chi connectivity index (χ0n) is 12.3. The van der Waals surface area contributed by atoms with Crippen LogP contribution in [0.25, 0.3) is 10.8 Å². The SMILES string of the molecule is CCC(C)CC(C)NCc1cccc2ccccc12. The zero-order chi connectivity index (χ0) is 13.7. The van der Waals surface area contributed by atoms with Crippen molar-refractivity contribution in [1.82, 2.24) is 5.32 Å². The van der Waals surface area contributed by atoms with Crippen LogP contribution in [0, 0.1) is 5.92 Å². The first kappa shape index (κ1) is 14.1. The fourth-order valence-corrected chi connectivity index (χ4v) is 2.58. The lowest BCUT2D eigenvalue weighted by molar-refractivity contribution is 0.412. The molecule has 102 valence electrons. The van der Waals surface area contributed by atoms with Crippen LogP contribution in [0.4, 0.5) is 0 Å². The van der Waals surface area contributed by atoms with Gasteiger partial charge in [-0.3, -0.25) is 0 Å². The van der Waals surface area contributed by atoms with E-state index in [-0.39, 0.29) is 0 Å². The first-order valence-corrected chi connectivity index (χ1v) is 7.40. The van der Waals surface area contributed by atoms with Gasteiger partial charge in [-0.2, -0.15) is 0 Å². The van der Waals surface area contributed by atoms with Crippen molar-refractivity contribution in [2.24, 2.45) is 5.92 Å². The number of benzene rings is 2. The van der Waals surface area contributed by atoms with Gasteiger partial charge in [0, 0.05) is 12.6 Å². The van der Waals surface area contributed by atoms with Crippen molar-refractivity contribution in [3.63, 3.8) is 0 Å². The summed E-state index contributed by atoms with van der Waals surface area (Å²) in [5.41, 5.74) is 1.40. The molecule has 0 amide bonds. The van der Waals surface area contributed by atoms with Gasteiger partial charge in [-0.15, -0.1) is 0 Å². The van der Waals surface area contributed by atoms with Crippen molar-refractivity contribution in [2.45, 2.75) is 46.2 Å². The number of fused-ring (bicyclic) bond motifs is 1. The molecule has 0 aliphatic heterocycles. The summed E-state index contributed by atoms with van der Waals surface area (Å²) in [4.78, 5) is 0. The molecule has 0 bridgehead atoms. The van der Waals surface area contributed by atoms with Crippen LogP contribution in [0.1, 0.15) is 39.2 Å². The van der Waals surface area contributed by atoms with E-state index in [2.05, 4.69) is 68.6 Å². The van der Waals surface area contributed by atoms with E-state index in [1.807, 2.05) is 0 Å². The van der Waals surface area contributed by atoms with E-state index in [1.165, 1.54) is 29.2 Å². The van der Waals surface area contributed by atoms with Crippen molar-refractivity contribution in [1.29, 1.82) is 0 Å². The Morgan fingerprint density at radius 2 is 1.74 bits per heavy atom. The highest BCUT2D eigenvalue weighted by atomic mass is 14.9. The summed E-state index contributed by atoms with van der Waals surface area (Å²) in [6, 6.07) is 15.8. The lowest BCUT2D eigenvalue weighted by Gasteiger charge is -2.18. The Hall–Kier alpha value is -1.34. The van der Waals surface area contributed by atoms with E-state index in [4.69, 9.17) is 0 Å². The quantitative estimate of drug-likeness (QED) is 0.785. The Bertz CT molecular complexity index is 513. The Kier molecular flexibility index (Phi) is 4.98. The number of nitrogens with one attached hydrogen (secondary N) is 1. The third-order valence-electron chi connectivity index (χ3n) is 3.97. The minimum absolute atomic E-state index is 0.578. The maximum Gasteiger partial charge on any atom is 0.0214 e. The van der Waals surface area contributed by atoms with Crippen LogP contribution >= 0.6 is 0 Å². The van der Waals surface area contributed by atoms with E-state index in [0.717, 1.165) is 12.5 Å². The van der Waals surface area contributed by atoms with Crippen LogP contribution in [0.3, 0.4) is 0 Å². The molecule has 0 saturated heterocycles. The van der Waals surface area contributed by atoms with Crippen molar-refractivity contribution < 1.29 is 0 Å². The Balaban J connectivity index is 2.02. The molecule has 0 spiro atoms. The topological polar surface area (TPSA) is 12.0 Å². The fourth-order valence-electron chi connectivity index (χ4n) is 2.58. The first-order valence-electron chi connectivity index (χ1n) is 7.40.